The van der Waals surface area contributed by atoms with E-state index in [2.05, 4.69) is 42.5 Å². The van der Waals surface area contributed by atoms with Crippen LogP contribution in [0.15, 0.2) is 73.6 Å². The van der Waals surface area contributed by atoms with Gasteiger partial charge in [0.15, 0.2) is 0 Å². The highest BCUT2D eigenvalue weighted by molar-refractivity contribution is 14.1. The smallest absolute Gasteiger partial charge is 0.423 e. The summed E-state index contributed by atoms with van der Waals surface area (Å²) >= 11 is 2.16. The van der Waals surface area contributed by atoms with E-state index in [4.69, 9.17) is 20.3 Å². The number of aliphatic hydroxyl groups is 2. The van der Waals surface area contributed by atoms with Crippen molar-refractivity contribution < 1.29 is 20.3 Å². The topological polar surface area (TPSA) is 138 Å². The number of halogens is 1. The quantitative estimate of drug-likeness (QED) is 0.178. The molecule has 0 atom stereocenters. The summed E-state index contributed by atoms with van der Waals surface area (Å²) in [7, 11) is -1.50. The lowest BCUT2D eigenvalue weighted by Crippen LogP contribution is -2.32. The van der Waals surface area contributed by atoms with Crippen molar-refractivity contribution in [2.45, 2.75) is 13.2 Å². The van der Waals surface area contributed by atoms with Gasteiger partial charge in [0.25, 0.3) is 0 Å². The molecule has 0 radical (unpaired) electrons. The van der Waals surface area contributed by atoms with Crippen LogP contribution in [-0.4, -0.2) is 47.3 Å². The van der Waals surface area contributed by atoms with E-state index in [9.17, 15) is 0 Å². The van der Waals surface area contributed by atoms with E-state index in [1.807, 2.05) is 24.3 Å². The third-order valence-electron chi connectivity index (χ3n) is 3.94. The Hall–Kier alpha value is -2.51. The van der Waals surface area contributed by atoms with E-state index in [-0.39, 0.29) is 13.2 Å². The summed E-state index contributed by atoms with van der Waals surface area (Å²) in [5.41, 5.74) is 3.75. The number of aliphatic hydroxyl groups excluding tert-OH is 2. The fourth-order valence-corrected chi connectivity index (χ4v) is 2.79. The standard InChI is InChI=1S/C10H10N2O.C7H9BO3.C3H3IN2/c13-6-8-3-1-2-4-9(8)10-5-11-7-12-10;9-5-6-3-1-2-4-7(6)8(10)11;4-3-1-5-2-6-3/h1-5,7,13H,6H2,(H,11,12);1-4,9-11H,5H2;1-2H,(H,5,6). The van der Waals surface area contributed by atoms with Crippen LogP contribution in [0.2, 0.25) is 0 Å². The molecule has 0 spiro atoms. The number of nitrogens with zero attached hydrogens (tertiary/aromatic N) is 2. The van der Waals surface area contributed by atoms with Gasteiger partial charge < -0.3 is 30.2 Å². The highest BCUT2D eigenvalue weighted by Crippen LogP contribution is 2.20. The fraction of sp³-hybridized carbons (Fsp3) is 0.100. The molecule has 0 aliphatic rings. The number of imidazole rings is 2. The Morgan fingerprint density at radius 3 is 1.87 bits per heavy atom. The molecule has 156 valence electrons. The maximum Gasteiger partial charge on any atom is 0.488 e. The minimum atomic E-state index is -1.50. The molecule has 0 unspecified atom stereocenters. The molecule has 10 heteroatoms. The molecule has 2 aromatic heterocycles. The number of hydrogen-bond donors (Lipinski definition) is 6. The molecule has 2 aromatic carbocycles. The van der Waals surface area contributed by atoms with Gasteiger partial charge in [-0.15, -0.1) is 0 Å². The third-order valence-corrected chi connectivity index (χ3v) is 4.53. The van der Waals surface area contributed by atoms with Crippen molar-refractivity contribution in [2.75, 3.05) is 0 Å². The highest BCUT2D eigenvalue weighted by Gasteiger charge is 2.13. The van der Waals surface area contributed by atoms with Crippen molar-refractivity contribution in [1.82, 2.24) is 19.9 Å². The largest absolute Gasteiger partial charge is 0.488 e. The first-order chi connectivity index (χ1) is 14.6. The second-order valence-electron chi connectivity index (χ2n) is 5.91. The molecule has 8 nitrogen and oxygen atoms in total. The minimum absolute atomic E-state index is 0.0508. The van der Waals surface area contributed by atoms with E-state index in [1.54, 1.807) is 49.3 Å². The van der Waals surface area contributed by atoms with Gasteiger partial charge in [-0.2, -0.15) is 0 Å². The number of aromatic nitrogens is 4. The average molecular weight is 520 g/mol. The number of nitrogens with one attached hydrogen (secondary N) is 2. The van der Waals surface area contributed by atoms with Crippen LogP contribution >= 0.6 is 22.6 Å². The third kappa shape index (κ3) is 7.39. The average Bonchev–Trinajstić information content (AvgIpc) is 3.48. The predicted octanol–water partition coefficient (Wildman–Crippen LogP) is 1.44. The maximum atomic E-state index is 9.08. The number of H-pyrrole nitrogens is 2. The highest BCUT2D eigenvalue weighted by atomic mass is 127. The number of rotatable bonds is 4. The van der Waals surface area contributed by atoms with Gasteiger partial charge in [0.1, 0.15) is 0 Å². The van der Waals surface area contributed by atoms with E-state index >= 15 is 0 Å². The molecule has 0 aliphatic heterocycles. The van der Waals surface area contributed by atoms with Gasteiger partial charge in [-0.3, -0.25) is 0 Å². The molecular formula is C20H22BIN4O4. The Morgan fingerprint density at radius 1 is 0.800 bits per heavy atom. The molecule has 2 heterocycles. The van der Waals surface area contributed by atoms with Crippen LogP contribution in [-0.2, 0) is 13.2 Å². The van der Waals surface area contributed by atoms with Crippen LogP contribution in [0.3, 0.4) is 0 Å². The van der Waals surface area contributed by atoms with E-state index in [0.29, 0.717) is 11.0 Å². The second kappa shape index (κ2) is 12.9. The van der Waals surface area contributed by atoms with E-state index in [0.717, 1.165) is 20.5 Å². The molecule has 0 bridgehead atoms. The van der Waals surface area contributed by atoms with Crippen LogP contribution in [0.25, 0.3) is 11.3 Å². The predicted molar refractivity (Wildman–Crippen MR) is 123 cm³/mol. The summed E-state index contributed by atoms with van der Waals surface area (Å²) in [6.07, 6.45) is 6.79. The van der Waals surface area contributed by atoms with Crippen molar-refractivity contribution in [3.63, 3.8) is 0 Å². The van der Waals surface area contributed by atoms with Gasteiger partial charge in [0, 0.05) is 5.56 Å². The van der Waals surface area contributed by atoms with Crippen molar-refractivity contribution >= 4 is 35.2 Å². The molecule has 6 N–H and O–H groups in total. The SMILES string of the molecule is Ic1cnc[nH]1.OCc1ccccc1-c1cnc[nH]1.OCc1ccccc1B(O)O. The Labute approximate surface area is 188 Å². The first kappa shape index (κ1) is 23.8. The lowest BCUT2D eigenvalue weighted by Gasteiger charge is -2.03. The van der Waals surface area contributed by atoms with Crippen molar-refractivity contribution in [3.05, 3.63) is 88.4 Å². The fourth-order valence-electron chi connectivity index (χ4n) is 2.49. The first-order valence-electron chi connectivity index (χ1n) is 8.93. The van der Waals surface area contributed by atoms with Gasteiger partial charge in [-0.25, -0.2) is 9.97 Å². The molecule has 4 aromatic rings. The van der Waals surface area contributed by atoms with Gasteiger partial charge in [0.2, 0.25) is 0 Å². The Bertz CT molecular complexity index is 982. The molecule has 0 amide bonds. The van der Waals surface area contributed by atoms with Gasteiger partial charge in [-0.1, -0.05) is 48.5 Å². The van der Waals surface area contributed by atoms with Crippen LogP contribution in [0.1, 0.15) is 11.1 Å². The molecule has 0 aliphatic carbocycles. The van der Waals surface area contributed by atoms with Crippen molar-refractivity contribution in [3.8, 4) is 11.3 Å². The molecule has 0 fully saturated rings. The zero-order valence-corrected chi connectivity index (χ0v) is 18.1. The van der Waals surface area contributed by atoms with Crippen LogP contribution in [0, 0.1) is 3.70 Å². The zero-order chi connectivity index (χ0) is 21.8. The molecule has 4 rings (SSSR count). The second-order valence-corrected chi connectivity index (χ2v) is 7.07. The lowest BCUT2D eigenvalue weighted by atomic mass is 9.77. The number of aromatic amines is 2. The summed E-state index contributed by atoms with van der Waals surface area (Å²) in [5.74, 6) is 0. The summed E-state index contributed by atoms with van der Waals surface area (Å²) in [5, 5.41) is 35.4. The Kier molecular flexibility index (Phi) is 10.2. The molecule has 0 saturated carbocycles. The summed E-state index contributed by atoms with van der Waals surface area (Å²) < 4.78 is 1.08. The molecular weight excluding hydrogens is 498 g/mol. The number of benzene rings is 2. The monoisotopic (exact) mass is 520 g/mol. The molecule has 30 heavy (non-hydrogen) atoms. The van der Waals surface area contributed by atoms with Crippen LogP contribution < -0.4 is 5.46 Å². The maximum absolute atomic E-state index is 9.08. The summed E-state index contributed by atoms with van der Waals surface area (Å²) in [4.78, 5) is 13.6. The van der Waals surface area contributed by atoms with E-state index in [1.165, 1.54) is 0 Å². The summed E-state index contributed by atoms with van der Waals surface area (Å²) in [6, 6.07) is 14.3. The van der Waals surface area contributed by atoms with Gasteiger partial charge in [0.05, 0.1) is 47.7 Å². The van der Waals surface area contributed by atoms with Crippen molar-refractivity contribution in [1.29, 1.82) is 0 Å². The van der Waals surface area contributed by atoms with E-state index < -0.39 is 7.12 Å². The minimum Gasteiger partial charge on any atom is -0.423 e. The Morgan fingerprint density at radius 2 is 1.40 bits per heavy atom. The van der Waals surface area contributed by atoms with Crippen LogP contribution in [0.4, 0.5) is 0 Å². The molecule has 0 saturated heterocycles. The first-order valence-corrected chi connectivity index (χ1v) is 10.0. The number of hydrogen-bond acceptors (Lipinski definition) is 6. The lowest BCUT2D eigenvalue weighted by molar-refractivity contribution is 0.282. The zero-order valence-electron chi connectivity index (χ0n) is 16.0. The van der Waals surface area contributed by atoms with Gasteiger partial charge >= 0.3 is 7.12 Å². The summed E-state index contributed by atoms with van der Waals surface area (Å²) in [6.45, 7) is -0.122. The van der Waals surface area contributed by atoms with Crippen molar-refractivity contribution in [2.24, 2.45) is 0 Å². The van der Waals surface area contributed by atoms with Gasteiger partial charge in [-0.05, 0) is 39.2 Å². The van der Waals surface area contributed by atoms with Crippen LogP contribution in [0.5, 0.6) is 0 Å². The normalized spacial score (nSPS) is 9.77. The Balaban J connectivity index is 0.000000171.